The van der Waals surface area contributed by atoms with Crippen molar-refractivity contribution in [3.05, 3.63) is 23.7 Å². The van der Waals surface area contributed by atoms with Crippen molar-refractivity contribution in [3.63, 3.8) is 0 Å². The molecule has 2 nitrogen and oxygen atoms in total. The molecule has 6 heteroatoms. The molecule has 1 rings (SSSR count). The highest BCUT2D eigenvalue weighted by molar-refractivity contribution is 5.27. The van der Waals surface area contributed by atoms with Gasteiger partial charge in [-0.15, -0.1) is 0 Å². The molecule has 0 fully saturated rings. The van der Waals surface area contributed by atoms with Gasteiger partial charge in [-0.05, 0) is 6.08 Å². The van der Waals surface area contributed by atoms with Gasteiger partial charge >= 0.3 is 6.18 Å². The van der Waals surface area contributed by atoms with Crippen molar-refractivity contribution >= 4 is 0 Å². The molecule has 1 aliphatic heterocycles. The maximum absolute atomic E-state index is 12.7. The molecule has 0 N–H and O–H groups in total. The van der Waals surface area contributed by atoms with E-state index in [9.17, 15) is 17.6 Å². The van der Waals surface area contributed by atoms with Gasteiger partial charge < -0.3 is 4.90 Å². The molecule has 0 aromatic rings. The van der Waals surface area contributed by atoms with Gasteiger partial charge in [0.2, 0.25) is 0 Å². The van der Waals surface area contributed by atoms with Crippen molar-refractivity contribution in [1.29, 1.82) is 5.26 Å². The molecule has 0 radical (unpaired) electrons. The van der Waals surface area contributed by atoms with Gasteiger partial charge in [0.25, 0.3) is 0 Å². The highest BCUT2D eigenvalue weighted by Gasteiger charge is 2.35. The molecule has 14 heavy (non-hydrogen) atoms. The van der Waals surface area contributed by atoms with E-state index < -0.39 is 24.1 Å². The molecule has 0 atom stereocenters. The van der Waals surface area contributed by atoms with Crippen molar-refractivity contribution in [2.75, 3.05) is 13.1 Å². The van der Waals surface area contributed by atoms with Crippen LogP contribution in [-0.4, -0.2) is 24.2 Å². The second kappa shape index (κ2) is 3.70. The maximum Gasteiger partial charge on any atom is 0.414 e. The first kappa shape index (κ1) is 10.6. The van der Waals surface area contributed by atoms with E-state index in [-0.39, 0.29) is 6.54 Å². The lowest BCUT2D eigenvalue weighted by atomic mass is 10.1. The summed E-state index contributed by atoms with van der Waals surface area (Å²) >= 11 is 0. The predicted molar refractivity (Wildman–Crippen MR) is 40.5 cm³/mol. The van der Waals surface area contributed by atoms with E-state index in [1.807, 2.05) is 0 Å². The highest BCUT2D eigenvalue weighted by atomic mass is 19.4. The smallest absolute Gasteiger partial charge is 0.357 e. The summed E-state index contributed by atoms with van der Waals surface area (Å²) in [5.41, 5.74) is -0.979. The van der Waals surface area contributed by atoms with Crippen molar-refractivity contribution in [2.24, 2.45) is 0 Å². The van der Waals surface area contributed by atoms with Crippen LogP contribution in [0.25, 0.3) is 0 Å². The van der Waals surface area contributed by atoms with Gasteiger partial charge in [-0.3, -0.25) is 0 Å². The molecule has 0 saturated carbocycles. The molecule has 0 spiro atoms. The van der Waals surface area contributed by atoms with Crippen LogP contribution in [-0.2, 0) is 0 Å². The first-order chi connectivity index (χ1) is 6.43. The van der Waals surface area contributed by atoms with Gasteiger partial charge in [0, 0.05) is 12.7 Å². The lowest BCUT2D eigenvalue weighted by Gasteiger charge is -2.23. The Morgan fingerprint density at radius 2 is 2.14 bits per heavy atom. The van der Waals surface area contributed by atoms with E-state index in [1.165, 1.54) is 0 Å². The number of rotatable bonds is 1. The van der Waals surface area contributed by atoms with E-state index in [4.69, 9.17) is 5.26 Å². The Bertz CT molecular complexity index is 321. The van der Waals surface area contributed by atoms with E-state index in [0.717, 1.165) is 11.1 Å². The molecular formula is C8H6F4N2. The van der Waals surface area contributed by atoms with Gasteiger partial charge in [0.1, 0.15) is 12.4 Å². The third-order valence-electron chi connectivity index (χ3n) is 1.63. The molecule has 0 amide bonds. The first-order valence-electron chi connectivity index (χ1n) is 3.69. The van der Waals surface area contributed by atoms with Crippen molar-refractivity contribution < 1.29 is 17.6 Å². The van der Waals surface area contributed by atoms with Crippen LogP contribution in [0.1, 0.15) is 0 Å². The third-order valence-corrected chi connectivity index (χ3v) is 1.63. The molecule has 0 bridgehead atoms. The van der Waals surface area contributed by atoms with Gasteiger partial charge in [0.15, 0.2) is 0 Å². The number of nitrogens with zero attached hydrogens (tertiary/aromatic N) is 2. The highest BCUT2D eigenvalue weighted by Crippen LogP contribution is 2.30. The minimum Gasteiger partial charge on any atom is -0.357 e. The largest absolute Gasteiger partial charge is 0.414 e. The monoisotopic (exact) mass is 206 g/mol. The molecule has 1 aliphatic rings. The zero-order valence-corrected chi connectivity index (χ0v) is 6.98. The average molecular weight is 206 g/mol. The normalized spacial score (nSPS) is 17.2. The number of allylic oxidation sites excluding steroid dienone is 2. The van der Waals surface area contributed by atoms with Crippen LogP contribution < -0.4 is 0 Å². The minimum absolute atomic E-state index is 0.263. The SMILES string of the molecule is N#CCN1C=C(F)C=C(C(F)(F)F)C1. The third kappa shape index (κ3) is 2.49. The van der Waals surface area contributed by atoms with Crippen LogP contribution in [0.4, 0.5) is 17.6 Å². The number of halogens is 4. The van der Waals surface area contributed by atoms with Gasteiger partial charge in [-0.1, -0.05) is 0 Å². The zero-order valence-electron chi connectivity index (χ0n) is 6.98. The molecule has 76 valence electrons. The topological polar surface area (TPSA) is 27.0 Å². The van der Waals surface area contributed by atoms with Crippen LogP contribution in [0.5, 0.6) is 0 Å². The standard InChI is InChI=1S/C8H6F4N2/c9-7-3-6(8(10,11)12)4-14(5-7)2-1-13/h3,5H,2,4H2. The van der Waals surface area contributed by atoms with Crippen molar-refractivity contribution in [3.8, 4) is 6.07 Å². The second-order valence-electron chi connectivity index (χ2n) is 2.74. The lowest BCUT2D eigenvalue weighted by Crippen LogP contribution is -2.29. The van der Waals surface area contributed by atoms with Crippen LogP contribution in [0, 0.1) is 11.3 Å². The molecular weight excluding hydrogens is 200 g/mol. The Morgan fingerprint density at radius 3 is 2.64 bits per heavy atom. The molecule has 0 aromatic carbocycles. The number of alkyl halides is 3. The molecule has 1 heterocycles. The summed E-state index contributed by atoms with van der Waals surface area (Å²) < 4.78 is 49.1. The molecule has 0 saturated heterocycles. The summed E-state index contributed by atoms with van der Waals surface area (Å²) in [5, 5.41) is 8.25. The Morgan fingerprint density at radius 1 is 1.50 bits per heavy atom. The fourth-order valence-electron chi connectivity index (χ4n) is 1.05. The molecule has 0 aliphatic carbocycles. The lowest BCUT2D eigenvalue weighted by molar-refractivity contribution is -0.0953. The fourth-order valence-corrected chi connectivity index (χ4v) is 1.05. The summed E-state index contributed by atoms with van der Waals surface area (Å²) in [7, 11) is 0. The van der Waals surface area contributed by atoms with Crippen molar-refractivity contribution in [1.82, 2.24) is 4.90 Å². The number of nitriles is 1. The second-order valence-corrected chi connectivity index (χ2v) is 2.74. The quantitative estimate of drug-likeness (QED) is 0.485. The Kier molecular flexibility index (Phi) is 2.79. The van der Waals surface area contributed by atoms with E-state index in [1.54, 1.807) is 6.07 Å². The van der Waals surface area contributed by atoms with E-state index >= 15 is 0 Å². The fraction of sp³-hybridized carbons (Fsp3) is 0.375. The summed E-state index contributed by atoms with van der Waals surface area (Å²) in [6.45, 7) is -0.745. The molecule has 0 unspecified atom stereocenters. The summed E-state index contributed by atoms with van der Waals surface area (Å²) in [6, 6.07) is 1.65. The Labute approximate surface area is 77.7 Å². The number of hydrogen-bond donors (Lipinski definition) is 0. The summed E-state index contributed by atoms with van der Waals surface area (Å²) in [5.74, 6) is -0.987. The van der Waals surface area contributed by atoms with Crippen LogP contribution in [0.2, 0.25) is 0 Å². The van der Waals surface area contributed by atoms with Gasteiger partial charge in [0.05, 0.1) is 11.6 Å². The van der Waals surface area contributed by atoms with Gasteiger partial charge in [-0.2, -0.15) is 18.4 Å². The number of hydrogen-bond acceptors (Lipinski definition) is 2. The van der Waals surface area contributed by atoms with Crippen LogP contribution >= 0.6 is 0 Å². The van der Waals surface area contributed by atoms with Crippen LogP contribution in [0.3, 0.4) is 0 Å². The van der Waals surface area contributed by atoms with Crippen LogP contribution in [0.15, 0.2) is 23.7 Å². The predicted octanol–water partition coefficient (Wildman–Crippen LogP) is 2.13. The first-order valence-corrected chi connectivity index (χ1v) is 3.69. The average Bonchev–Trinajstić information content (AvgIpc) is 2.02. The van der Waals surface area contributed by atoms with E-state index in [0.29, 0.717) is 6.08 Å². The Hall–Kier alpha value is -1.51. The van der Waals surface area contributed by atoms with Crippen molar-refractivity contribution in [2.45, 2.75) is 6.18 Å². The van der Waals surface area contributed by atoms with E-state index in [2.05, 4.69) is 0 Å². The Balaban J connectivity index is 2.83. The summed E-state index contributed by atoms with van der Waals surface area (Å²) in [6.07, 6.45) is -3.22. The summed E-state index contributed by atoms with van der Waals surface area (Å²) in [4.78, 5) is 0.970. The van der Waals surface area contributed by atoms with Gasteiger partial charge in [-0.25, -0.2) is 4.39 Å². The molecule has 0 aromatic heterocycles. The zero-order chi connectivity index (χ0) is 10.8. The minimum atomic E-state index is -4.54. The maximum atomic E-state index is 12.7.